The number of hydrogen-bond donors (Lipinski definition) is 1. The quantitative estimate of drug-likeness (QED) is 0.355. The number of rotatable bonds is 6. The number of hydrogen-bond acceptors (Lipinski definition) is 4. The third kappa shape index (κ3) is 3.34. The normalized spacial score (nSPS) is 30.5. The fourth-order valence-corrected chi connectivity index (χ4v) is 6.13. The number of methoxy groups -OCH3 is 1. The number of nitrogens with one attached hydrogen (secondary N) is 1. The van der Waals surface area contributed by atoms with Crippen LogP contribution in [-0.2, 0) is 27.4 Å². The molecule has 2 saturated heterocycles. The molecule has 2 aromatic rings. The second-order valence-electron chi connectivity index (χ2n) is 8.14. The summed E-state index contributed by atoms with van der Waals surface area (Å²) < 4.78 is 11.5. The molecule has 1 spiro atoms. The Morgan fingerprint density at radius 2 is 1.90 bits per heavy atom. The minimum atomic E-state index is -0.902. The molecule has 0 saturated carbocycles. The molecule has 2 fully saturated rings. The zero-order valence-electron chi connectivity index (χ0n) is 17.0. The summed E-state index contributed by atoms with van der Waals surface area (Å²) in [5.74, 6) is 0.182. The van der Waals surface area contributed by atoms with E-state index in [-0.39, 0.29) is 27.8 Å². The van der Waals surface area contributed by atoms with Crippen molar-refractivity contribution in [3.8, 4) is 5.75 Å². The van der Waals surface area contributed by atoms with Crippen molar-refractivity contribution in [2.45, 2.75) is 34.8 Å². The van der Waals surface area contributed by atoms with Crippen LogP contribution in [0.15, 0.2) is 66.7 Å². The largest absolute Gasteiger partial charge is 0.497 e. The van der Waals surface area contributed by atoms with Crippen LogP contribution in [0.25, 0.3) is 0 Å². The van der Waals surface area contributed by atoms with Crippen LogP contribution in [0.3, 0.4) is 0 Å². The SMILES string of the molecule is COc1ccc(CN2C(=O)[C@H]3[C@H](I)[C@@H]4C=C[C@]3(O4)[C@@H]2C(=O)NCc2ccccc2)cc1. The molecule has 5 atom stereocenters. The second-order valence-corrected chi connectivity index (χ2v) is 9.58. The predicted octanol–water partition coefficient (Wildman–Crippen LogP) is 2.85. The van der Waals surface area contributed by atoms with Crippen molar-refractivity contribution in [1.29, 1.82) is 0 Å². The lowest BCUT2D eigenvalue weighted by atomic mass is 9.81. The maximum atomic E-state index is 13.5. The Morgan fingerprint density at radius 3 is 2.61 bits per heavy atom. The van der Waals surface area contributed by atoms with Crippen LogP contribution in [0, 0.1) is 5.92 Å². The summed E-state index contributed by atoms with van der Waals surface area (Å²) in [6.45, 7) is 0.748. The van der Waals surface area contributed by atoms with E-state index in [1.165, 1.54) is 0 Å². The smallest absolute Gasteiger partial charge is 0.246 e. The van der Waals surface area contributed by atoms with Gasteiger partial charge < -0.3 is 19.7 Å². The first-order valence-electron chi connectivity index (χ1n) is 10.3. The molecule has 3 aliphatic heterocycles. The molecule has 0 unspecified atom stereocenters. The second kappa shape index (κ2) is 7.94. The van der Waals surface area contributed by atoms with Gasteiger partial charge in [-0.25, -0.2) is 0 Å². The van der Waals surface area contributed by atoms with Gasteiger partial charge in [-0.2, -0.15) is 0 Å². The molecule has 2 bridgehead atoms. The van der Waals surface area contributed by atoms with E-state index >= 15 is 0 Å². The van der Waals surface area contributed by atoms with Gasteiger partial charge in [-0.15, -0.1) is 0 Å². The van der Waals surface area contributed by atoms with Crippen molar-refractivity contribution >= 4 is 34.4 Å². The van der Waals surface area contributed by atoms with Crippen LogP contribution in [0.2, 0.25) is 0 Å². The van der Waals surface area contributed by atoms with Crippen molar-refractivity contribution < 1.29 is 19.1 Å². The molecular formula is C24H23IN2O4. The zero-order chi connectivity index (χ0) is 21.6. The predicted molar refractivity (Wildman–Crippen MR) is 124 cm³/mol. The van der Waals surface area contributed by atoms with Gasteiger partial charge in [0.25, 0.3) is 0 Å². The van der Waals surface area contributed by atoms with E-state index in [1.54, 1.807) is 12.0 Å². The molecule has 2 aromatic carbocycles. The summed E-state index contributed by atoms with van der Waals surface area (Å²) in [6.07, 6.45) is 3.81. The number of halogens is 1. The molecule has 160 valence electrons. The molecular weight excluding hydrogens is 507 g/mol. The minimum Gasteiger partial charge on any atom is -0.497 e. The molecule has 1 N–H and O–H groups in total. The van der Waals surface area contributed by atoms with E-state index in [4.69, 9.17) is 9.47 Å². The maximum absolute atomic E-state index is 13.5. The van der Waals surface area contributed by atoms with E-state index in [0.29, 0.717) is 13.1 Å². The molecule has 5 rings (SSSR count). The number of amides is 2. The monoisotopic (exact) mass is 530 g/mol. The lowest BCUT2D eigenvalue weighted by Gasteiger charge is -2.32. The highest BCUT2D eigenvalue weighted by Gasteiger charge is 2.70. The van der Waals surface area contributed by atoms with Crippen LogP contribution in [0.5, 0.6) is 5.75 Å². The Kier molecular flexibility index (Phi) is 5.26. The van der Waals surface area contributed by atoms with E-state index < -0.39 is 11.6 Å². The van der Waals surface area contributed by atoms with Gasteiger partial charge in [0, 0.05) is 13.1 Å². The molecule has 7 heteroatoms. The highest BCUT2D eigenvalue weighted by molar-refractivity contribution is 14.1. The van der Waals surface area contributed by atoms with Crippen LogP contribution in [0.1, 0.15) is 11.1 Å². The summed E-state index contributed by atoms with van der Waals surface area (Å²) in [5.41, 5.74) is 1.05. The first-order valence-corrected chi connectivity index (χ1v) is 11.5. The average Bonchev–Trinajstić information content (AvgIpc) is 3.42. The third-order valence-corrected chi connectivity index (χ3v) is 7.79. The molecule has 0 aromatic heterocycles. The standard InChI is InChI=1S/C24H23IN2O4/c1-30-17-9-7-16(8-10-17)14-27-21(22(28)26-13-15-5-3-2-4-6-15)24-12-11-18(31-24)20(25)19(24)23(27)29/h2-12,18-21H,13-14H2,1H3,(H,26,28)/t18-,19+,20+,21-,24+/m0/s1. The number of alkyl halides is 1. The van der Waals surface area contributed by atoms with Gasteiger partial charge in [0.2, 0.25) is 11.8 Å². The molecule has 2 amide bonds. The summed E-state index contributed by atoms with van der Waals surface area (Å²) in [4.78, 5) is 28.6. The van der Waals surface area contributed by atoms with E-state index in [2.05, 4.69) is 27.9 Å². The number of benzene rings is 2. The van der Waals surface area contributed by atoms with Crippen molar-refractivity contribution in [3.63, 3.8) is 0 Å². The Balaban J connectivity index is 1.44. The van der Waals surface area contributed by atoms with Gasteiger partial charge >= 0.3 is 0 Å². The number of carbonyl (C=O) groups is 2. The topological polar surface area (TPSA) is 67.9 Å². The highest BCUT2D eigenvalue weighted by Crippen LogP contribution is 2.54. The van der Waals surface area contributed by atoms with Gasteiger partial charge in [-0.05, 0) is 23.3 Å². The maximum Gasteiger partial charge on any atom is 0.246 e. The summed E-state index contributed by atoms with van der Waals surface area (Å²) in [7, 11) is 1.62. The fourth-order valence-electron chi connectivity index (χ4n) is 4.88. The molecule has 3 heterocycles. The van der Waals surface area contributed by atoms with Crippen LogP contribution in [-0.4, -0.2) is 45.5 Å². The first-order chi connectivity index (χ1) is 15.0. The van der Waals surface area contributed by atoms with Gasteiger partial charge in [0.1, 0.15) is 17.4 Å². The minimum absolute atomic E-state index is 0.0143. The third-order valence-electron chi connectivity index (χ3n) is 6.36. The van der Waals surface area contributed by atoms with E-state index in [9.17, 15) is 9.59 Å². The number of carbonyl (C=O) groups excluding carboxylic acids is 2. The zero-order valence-corrected chi connectivity index (χ0v) is 19.2. The molecule has 0 aliphatic carbocycles. The van der Waals surface area contributed by atoms with Crippen LogP contribution in [0.4, 0.5) is 0 Å². The number of fused-ring (bicyclic) bond motifs is 1. The molecule has 3 aliphatic rings. The number of ether oxygens (including phenoxy) is 2. The average molecular weight is 530 g/mol. The summed E-state index contributed by atoms with van der Waals surface area (Å²) in [5, 5.41) is 3.03. The Hall–Kier alpha value is -2.39. The van der Waals surface area contributed by atoms with Crippen molar-refractivity contribution in [1.82, 2.24) is 10.2 Å². The van der Waals surface area contributed by atoms with Gasteiger partial charge in [-0.1, -0.05) is 77.2 Å². The summed E-state index contributed by atoms with van der Waals surface area (Å²) in [6, 6.07) is 16.6. The lowest BCUT2D eigenvalue weighted by molar-refractivity contribution is -0.139. The molecule has 6 nitrogen and oxygen atoms in total. The van der Waals surface area contributed by atoms with E-state index in [0.717, 1.165) is 16.9 Å². The Bertz CT molecular complexity index is 1030. The number of likely N-dealkylation sites (tertiary alicyclic amines) is 1. The van der Waals surface area contributed by atoms with Crippen molar-refractivity contribution in [3.05, 3.63) is 77.9 Å². The molecule has 0 radical (unpaired) electrons. The van der Waals surface area contributed by atoms with E-state index in [1.807, 2.05) is 66.7 Å². The van der Waals surface area contributed by atoms with Gasteiger partial charge in [-0.3, -0.25) is 9.59 Å². The lowest BCUT2D eigenvalue weighted by Crippen LogP contribution is -2.54. The molecule has 31 heavy (non-hydrogen) atoms. The summed E-state index contributed by atoms with van der Waals surface area (Å²) >= 11 is 2.29. The van der Waals surface area contributed by atoms with Crippen molar-refractivity contribution in [2.75, 3.05) is 7.11 Å². The van der Waals surface area contributed by atoms with Crippen molar-refractivity contribution in [2.24, 2.45) is 5.92 Å². The van der Waals surface area contributed by atoms with Crippen LogP contribution < -0.4 is 10.1 Å². The van der Waals surface area contributed by atoms with Gasteiger partial charge in [0.05, 0.1) is 23.1 Å². The van der Waals surface area contributed by atoms with Crippen LogP contribution >= 0.6 is 22.6 Å². The highest BCUT2D eigenvalue weighted by atomic mass is 127. The fraction of sp³-hybridized carbons (Fsp3) is 0.333. The van der Waals surface area contributed by atoms with Gasteiger partial charge in [0.15, 0.2) is 0 Å². The number of nitrogens with zero attached hydrogens (tertiary/aromatic N) is 1. The first kappa shape index (κ1) is 20.5. The Morgan fingerprint density at radius 1 is 1.16 bits per heavy atom. The Labute approximate surface area is 194 Å².